The summed E-state index contributed by atoms with van der Waals surface area (Å²) in [5, 5.41) is 22.4. The lowest BCUT2D eigenvalue weighted by molar-refractivity contribution is -0.235. The highest BCUT2D eigenvalue weighted by atomic mass is 35.5. The highest BCUT2D eigenvalue weighted by Crippen LogP contribution is 2.77. The lowest BCUT2D eigenvalue weighted by Gasteiger charge is -2.72. The predicted molar refractivity (Wildman–Crippen MR) is 227 cm³/mol. The van der Waals surface area contributed by atoms with Gasteiger partial charge in [-0.1, -0.05) is 77.8 Å². The van der Waals surface area contributed by atoms with Crippen LogP contribution >= 0.6 is 11.6 Å². The summed E-state index contributed by atoms with van der Waals surface area (Å²) in [7, 11) is 4.02. The van der Waals surface area contributed by atoms with Gasteiger partial charge >= 0.3 is 11.9 Å². The van der Waals surface area contributed by atoms with Crippen molar-refractivity contribution in [1.29, 1.82) is 0 Å². The first-order valence-corrected chi connectivity index (χ1v) is 22.4. The fourth-order valence-corrected chi connectivity index (χ4v) is 14.0. The second-order valence-electron chi connectivity index (χ2n) is 21.8. The molecular weight excluding hydrogens is 755 g/mol. The van der Waals surface area contributed by atoms with Gasteiger partial charge in [-0.25, -0.2) is 4.39 Å². The Kier molecular flexibility index (Phi) is 12.4. The average Bonchev–Trinajstić information content (AvgIpc) is 3.43. The Balaban J connectivity index is 1.29. The van der Waals surface area contributed by atoms with Crippen LogP contribution in [-0.4, -0.2) is 83.7 Å². The van der Waals surface area contributed by atoms with Crippen LogP contribution < -0.4 is 0 Å². The third kappa shape index (κ3) is 7.42. The summed E-state index contributed by atoms with van der Waals surface area (Å²) in [5.41, 5.74) is 0.465. The summed E-state index contributed by atoms with van der Waals surface area (Å²) in [6.07, 6.45) is 6.52. The number of aliphatic hydroxyl groups is 1. The molecule has 0 radical (unpaired) electrons. The maximum absolute atomic E-state index is 15.3. The van der Waals surface area contributed by atoms with E-state index in [2.05, 4.69) is 58.3 Å². The third-order valence-corrected chi connectivity index (χ3v) is 17.5. The molecule has 0 heterocycles. The van der Waals surface area contributed by atoms with Crippen LogP contribution in [0.4, 0.5) is 4.39 Å². The number of nitrogens with zero attached hydrogens (tertiary/aromatic N) is 2. The number of carboxylic acid groups (broad SMARTS) is 1. The van der Waals surface area contributed by atoms with Gasteiger partial charge in [-0.05, 0) is 131 Å². The Morgan fingerprint density at radius 3 is 2.29 bits per heavy atom. The summed E-state index contributed by atoms with van der Waals surface area (Å²) < 4.78 is 21.4. The number of ketones is 1. The number of carbonyl (C=O) groups is 3. The largest absolute Gasteiger partial charge is 0.481 e. The molecule has 0 saturated heterocycles. The van der Waals surface area contributed by atoms with E-state index in [0.717, 1.165) is 63.5 Å². The molecule has 10 heteroatoms. The fraction of sp³-hybridized carbons (Fsp3) is 0.771. The normalized spacial score (nSPS) is 35.1. The standard InChI is InChI=1S/C48H72ClFN2O6/c1-29(2)39-33(53)25-48(36(54)28-52(24-23-51(10)11)27-30-13-12-14-32(49)41(30)50)22-21-46(8)31(40(39)48)15-16-35-45(7)19-18-37(58-38(55)26-43(3,4)42(56)57)44(5,6)34(45)17-20-47(35,46)9/h12-14,29,31,34-37,54H,15-28H2,1-11H3,(H,56,57). The summed E-state index contributed by atoms with van der Waals surface area (Å²) >= 11 is 6.21. The Labute approximate surface area is 352 Å². The molecule has 0 spiro atoms. The SMILES string of the molecule is CC(C)C1=C2C3CCC4C5(C)CCC(OC(=O)CC(C)(C)C(=O)O)C(C)(C)C5CCC4(C)C3(C)CCC2(C(O)CN(CCN(C)C)Cc2cccc(Cl)c2F)CC1=O. The highest BCUT2D eigenvalue weighted by Gasteiger charge is 2.71. The van der Waals surface area contributed by atoms with Gasteiger partial charge in [0.25, 0.3) is 0 Å². The van der Waals surface area contributed by atoms with Crippen LogP contribution in [0.1, 0.15) is 132 Å². The van der Waals surface area contributed by atoms with Gasteiger partial charge in [0, 0.05) is 49.0 Å². The Bertz CT molecular complexity index is 1810. The number of halogens is 2. The molecule has 6 rings (SSSR count). The van der Waals surface area contributed by atoms with E-state index in [4.69, 9.17) is 16.3 Å². The van der Waals surface area contributed by atoms with E-state index in [-0.39, 0.29) is 56.8 Å². The smallest absolute Gasteiger partial charge is 0.309 e. The monoisotopic (exact) mass is 827 g/mol. The molecule has 58 heavy (non-hydrogen) atoms. The third-order valence-electron chi connectivity index (χ3n) is 17.2. The van der Waals surface area contributed by atoms with Crippen LogP contribution in [0.3, 0.4) is 0 Å². The average molecular weight is 828 g/mol. The predicted octanol–water partition coefficient (Wildman–Crippen LogP) is 9.60. The van der Waals surface area contributed by atoms with E-state index >= 15 is 4.39 Å². The van der Waals surface area contributed by atoms with Gasteiger partial charge in [0.15, 0.2) is 5.78 Å². The first-order chi connectivity index (χ1) is 26.9. The number of esters is 1. The number of hydrogen-bond donors (Lipinski definition) is 2. The van der Waals surface area contributed by atoms with E-state index in [1.165, 1.54) is 5.57 Å². The number of rotatable bonds is 13. The van der Waals surface area contributed by atoms with Crippen molar-refractivity contribution in [3.8, 4) is 0 Å². The van der Waals surface area contributed by atoms with E-state index < -0.39 is 34.7 Å². The van der Waals surface area contributed by atoms with Crippen molar-refractivity contribution in [3.05, 3.63) is 45.7 Å². The van der Waals surface area contributed by atoms with Crippen LogP contribution in [0, 0.1) is 62.0 Å². The van der Waals surface area contributed by atoms with Crippen molar-refractivity contribution >= 4 is 29.3 Å². The molecule has 0 aromatic heterocycles. The number of allylic oxidation sites excluding steroid dienone is 1. The van der Waals surface area contributed by atoms with Crippen molar-refractivity contribution in [2.24, 2.45) is 56.2 Å². The topological polar surface area (TPSA) is 107 Å². The van der Waals surface area contributed by atoms with Gasteiger partial charge in [0.2, 0.25) is 0 Å². The Morgan fingerprint density at radius 2 is 1.66 bits per heavy atom. The van der Waals surface area contributed by atoms with E-state index in [9.17, 15) is 24.6 Å². The molecule has 1 aromatic rings. The van der Waals surface area contributed by atoms with E-state index in [1.54, 1.807) is 32.0 Å². The molecular formula is C48H72ClFN2O6. The minimum Gasteiger partial charge on any atom is -0.481 e. The van der Waals surface area contributed by atoms with Gasteiger partial charge in [-0.3, -0.25) is 19.3 Å². The zero-order chi connectivity index (χ0) is 43.0. The number of Topliss-reactive ketones (excluding diaryl/α,β-unsaturated/α-hetero) is 1. The van der Waals surface area contributed by atoms with Crippen LogP contribution in [0.5, 0.6) is 0 Å². The molecule has 4 fully saturated rings. The van der Waals surface area contributed by atoms with Crippen molar-refractivity contribution in [2.75, 3.05) is 33.7 Å². The lowest BCUT2D eigenvalue weighted by Crippen LogP contribution is -2.66. The number of aliphatic carboxylic acids is 1. The molecule has 9 atom stereocenters. The van der Waals surface area contributed by atoms with Crippen LogP contribution in [-0.2, 0) is 25.7 Å². The number of fused-ring (bicyclic) bond motifs is 7. The molecule has 9 unspecified atom stereocenters. The van der Waals surface area contributed by atoms with Gasteiger partial charge in [-0.2, -0.15) is 0 Å². The molecule has 324 valence electrons. The van der Waals surface area contributed by atoms with E-state index in [0.29, 0.717) is 43.5 Å². The molecule has 5 aliphatic carbocycles. The summed E-state index contributed by atoms with van der Waals surface area (Å²) in [6.45, 7) is 21.5. The Hall–Kier alpha value is -2.33. The van der Waals surface area contributed by atoms with Crippen LogP contribution in [0.25, 0.3) is 0 Å². The fourth-order valence-electron chi connectivity index (χ4n) is 13.8. The number of carbonyl (C=O) groups excluding carboxylic acids is 2. The van der Waals surface area contributed by atoms with E-state index in [1.807, 2.05) is 14.1 Å². The molecule has 1 aromatic carbocycles. The minimum absolute atomic E-state index is 0.00797. The van der Waals surface area contributed by atoms with Gasteiger partial charge < -0.3 is 19.8 Å². The second-order valence-corrected chi connectivity index (χ2v) is 22.2. The first kappa shape index (κ1) is 45.2. The molecule has 4 saturated carbocycles. The number of likely N-dealkylation sites (N-methyl/N-ethyl adjacent to an activating group) is 1. The summed E-state index contributed by atoms with van der Waals surface area (Å²) in [4.78, 5) is 43.5. The molecule has 0 amide bonds. The van der Waals surface area contributed by atoms with Crippen molar-refractivity contribution in [1.82, 2.24) is 9.80 Å². The minimum atomic E-state index is -1.19. The quantitative estimate of drug-likeness (QED) is 0.190. The zero-order valence-electron chi connectivity index (χ0n) is 37.3. The zero-order valence-corrected chi connectivity index (χ0v) is 38.0. The molecule has 0 aliphatic heterocycles. The van der Waals surface area contributed by atoms with Gasteiger partial charge in [0.05, 0.1) is 23.0 Å². The van der Waals surface area contributed by atoms with Gasteiger partial charge in [0.1, 0.15) is 11.9 Å². The van der Waals surface area contributed by atoms with Crippen molar-refractivity contribution in [3.63, 3.8) is 0 Å². The number of hydrogen-bond acceptors (Lipinski definition) is 7. The molecule has 5 aliphatic rings. The lowest BCUT2D eigenvalue weighted by atomic mass is 9.33. The van der Waals surface area contributed by atoms with Crippen molar-refractivity contribution in [2.45, 2.75) is 145 Å². The van der Waals surface area contributed by atoms with Crippen LogP contribution in [0.2, 0.25) is 5.02 Å². The van der Waals surface area contributed by atoms with Crippen LogP contribution in [0.15, 0.2) is 29.3 Å². The number of ether oxygens (including phenoxy) is 1. The first-order valence-electron chi connectivity index (χ1n) is 22.0. The second kappa shape index (κ2) is 15.9. The number of carboxylic acids is 1. The number of benzene rings is 1. The summed E-state index contributed by atoms with van der Waals surface area (Å²) in [6, 6.07) is 5.09. The summed E-state index contributed by atoms with van der Waals surface area (Å²) in [5.74, 6) is -0.702. The maximum Gasteiger partial charge on any atom is 0.309 e. The van der Waals surface area contributed by atoms with Gasteiger partial charge in [-0.15, -0.1) is 0 Å². The molecule has 2 N–H and O–H groups in total. The van der Waals surface area contributed by atoms with Crippen molar-refractivity contribution < 1.29 is 33.7 Å². The Morgan fingerprint density at radius 1 is 0.966 bits per heavy atom. The number of aliphatic hydroxyl groups excluding tert-OH is 1. The highest BCUT2D eigenvalue weighted by molar-refractivity contribution is 6.30. The maximum atomic E-state index is 15.3. The molecule has 8 nitrogen and oxygen atoms in total. The molecule has 0 bridgehead atoms.